The van der Waals surface area contributed by atoms with Gasteiger partial charge in [0.2, 0.25) is 11.8 Å². The Bertz CT molecular complexity index is 1350. The first-order valence-corrected chi connectivity index (χ1v) is 13.0. The zero-order valence-corrected chi connectivity index (χ0v) is 23.7. The first kappa shape index (κ1) is 26.0. The van der Waals surface area contributed by atoms with Crippen LogP contribution in [-0.4, -0.2) is 24.8 Å². The Labute approximate surface area is 225 Å². The summed E-state index contributed by atoms with van der Waals surface area (Å²) >= 11 is 0. The fourth-order valence-electron chi connectivity index (χ4n) is 6.16. The number of nitrogens with zero attached hydrogens (tertiary/aromatic N) is 2. The smallest absolute Gasteiger partial charge is 0.267 e. The fraction of sp³-hybridized carbons (Fsp3) is 0.375. The molecule has 3 aromatic rings. The Morgan fingerprint density at radius 2 is 1.11 bits per heavy atom. The summed E-state index contributed by atoms with van der Waals surface area (Å²) in [7, 11) is 1.63. The second-order valence-electron chi connectivity index (χ2n) is 11.3. The molecule has 1 unspecified atom stereocenters. The van der Waals surface area contributed by atoms with Crippen LogP contribution in [0.4, 0.5) is 11.4 Å². The van der Waals surface area contributed by atoms with Gasteiger partial charge in [-0.1, -0.05) is 47.5 Å². The molecule has 2 heterocycles. The van der Waals surface area contributed by atoms with E-state index in [1.54, 1.807) is 30.8 Å². The van der Waals surface area contributed by atoms with E-state index in [1.165, 1.54) is 0 Å². The Kier molecular flexibility index (Phi) is 5.95. The van der Waals surface area contributed by atoms with E-state index in [0.29, 0.717) is 0 Å². The van der Waals surface area contributed by atoms with Gasteiger partial charge in [-0.2, -0.15) is 0 Å². The number of hydrogen-bond donors (Lipinski definition) is 0. The molecule has 0 radical (unpaired) electrons. The van der Waals surface area contributed by atoms with Gasteiger partial charge in [-0.25, -0.2) is 0 Å². The SMILES string of the molecule is COc1ccc(C2OC23N(c2c(C)cc(C)cc2C)C(=O)C(C)(C)C(=O)N3c2c(C)cc(C)cc2C)cc1. The van der Waals surface area contributed by atoms with Crippen LogP contribution >= 0.6 is 0 Å². The van der Waals surface area contributed by atoms with Crippen molar-refractivity contribution in [3.05, 3.63) is 87.5 Å². The first-order valence-electron chi connectivity index (χ1n) is 13.0. The van der Waals surface area contributed by atoms with Crippen LogP contribution in [-0.2, 0) is 14.3 Å². The van der Waals surface area contributed by atoms with Crippen molar-refractivity contribution in [2.75, 3.05) is 16.9 Å². The van der Waals surface area contributed by atoms with Crippen molar-refractivity contribution in [2.45, 2.75) is 67.3 Å². The highest BCUT2D eigenvalue weighted by molar-refractivity contribution is 6.21. The third-order valence-electron chi connectivity index (χ3n) is 7.83. The molecule has 3 aromatic carbocycles. The molecule has 2 amide bonds. The van der Waals surface area contributed by atoms with Crippen LogP contribution in [0.25, 0.3) is 0 Å². The lowest BCUT2D eigenvalue weighted by atomic mass is 9.83. The van der Waals surface area contributed by atoms with Gasteiger partial charge in [0.1, 0.15) is 11.2 Å². The van der Waals surface area contributed by atoms with Crippen LogP contribution in [0.3, 0.4) is 0 Å². The summed E-state index contributed by atoms with van der Waals surface area (Å²) in [6.07, 6.45) is -0.544. The Hall–Kier alpha value is -3.64. The third kappa shape index (κ3) is 3.65. The van der Waals surface area contributed by atoms with Gasteiger partial charge in [0.25, 0.3) is 5.85 Å². The van der Waals surface area contributed by atoms with Crippen LogP contribution in [0.2, 0.25) is 0 Å². The second kappa shape index (κ2) is 8.70. The van der Waals surface area contributed by atoms with E-state index in [2.05, 4.69) is 24.3 Å². The van der Waals surface area contributed by atoms with E-state index >= 15 is 0 Å². The summed E-state index contributed by atoms with van der Waals surface area (Å²) in [5, 5.41) is 0. The largest absolute Gasteiger partial charge is 0.497 e. The quantitative estimate of drug-likeness (QED) is 0.301. The summed E-state index contributed by atoms with van der Waals surface area (Å²) in [6.45, 7) is 15.6. The molecule has 6 nitrogen and oxygen atoms in total. The zero-order valence-electron chi connectivity index (χ0n) is 23.7. The Morgan fingerprint density at radius 1 is 0.711 bits per heavy atom. The maximum absolute atomic E-state index is 14.4. The number of aryl methyl sites for hydroxylation is 6. The van der Waals surface area contributed by atoms with Crippen LogP contribution < -0.4 is 14.5 Å². The highest BCUT2D eigenvalue weighted by Crippen LogP contribution is 2.61. The molecule has 0 N–H and O–H groups in total. The van der Waals surface area contributed by atoms with Crippen molar-refractivity contribution in [1.29, 1.82) is 0 Å². The molecule has 0 aliphatic carbocycles. The number of methoxy groups -OCH3 is 1. The normalized spacial score (nSPS) is 19.8. The average Bonchev–Trinajstić information content (AvgIpc) is 3.57. The van der Waals surface area contributed by atoms with E-state index in [1.807, 2.05) is 65.8 Å². The summed E-state index contributed by atoms with van der Waals surface area (Å²) < 4.78 is 12.0. The molecule has 198 valence electrons. The topological polar surface area (TPSA) is 62.4 Å². The second-order valence-corrected chi connectivity index (χ2v) is 11.3. The van der Waals surface area contributed by atoms with Gasteiger partial charge in [-0.3, -0.25) is 19.4 Å². The van der Waals surface area contributed by atoms with Crippen molar-refractivity contribution in [3.8, 4) is 5.75 Å². The lowest BCUT2D eigenvalue weighted by Crippen LogP contribution is -2.70. The van der Waals surface area contributed by atoms with Gasteiger partial charge in [-0.15, -0.1) is 0 Å². The molecular formula is C32H36N2O4. The number of epoxide rings is 1. The molecular weight excluding hydrogens is 476 g/mol. The molecule has 2 aliphatic rings. The van der Waals surface area contributed by atoms with Gasteiger partial charge in [0.15, 0.2) is 6.10 Å². The molecule has 2 fully saturated rings. The summed E-state index contributed by atoms with van der Waals surface area (Å²) in [4.78, 5) is 32.2. The lowest BCUT2D eigenvalue weighted by molar-refractivity contribution is -0.143. The van der Waals surface area contributed by atoms with Gasteiger partial charge < -0.3 is 9.47 Å². The van der Waals surface area contributed by atoms with Crippen molar-refractivity contribution in [2.24, 2.45) is 5.41 Å². The lowest BCUT2D eigenvalue weighted by Gasteiger charge is -2.49. The molecule has 0 bridgehead atoms. The van der Waals surface area contributed by atoms with Crippen LogP contribution in [0.5, 0.6) is 5.75 Å². The highest BCUT2D eigenvalue weighted by atomic mass is 16.7. The van der Waals surface area contributed by atoms with E-state index in [-0.39, 0.29) is 11.8 Å². The number of ether oxygens (including phenoxy) is 2. The van der Waals surface area contributed by atoms with E-state index in [4.69, 9.17) is 9.47 Å². The minimum Gasteiger partial charge on any atom is -0.497 e. The van der Waals surface area contributed by atoms with Gasteiger partial charge in [0.05, 0.1) is 18.5 Å². The monoisotopic (exact) mass is 512 g/mol. The highest BCUT2D eigenvalue weighted by Gasteiger charge is 2.75. The summed E-state index contributed by atoms with van der Waals surface area (Å²) in [6, 6.07) is 15.9. The molecule has 2 aliphatic heterocycles. The summed E-state index contributed by atoms with van der Waals surface area (Å²) in [5.74, 6) is -1.16. The van der Waals surface area contributed by atoms with Gasteiger partial charge in [-0.05, 0) is 95.3 Å². The number of hydrogen-bond acceptors (Lipinski definition) is 4. The standard InChI is InChI=1S/C32H36N2O4/c1-18-14-20(3)26(21(4)15-18)33-29(35)31(7,8)30(36)34(27-22(5)16-19(2)17-23(27)6)32(33)28(38-32)24-10-12-25(37-9)13-11-24/h10-17,28H,1-9H3. The molecule has 38 heavy (non-hydrogen) atoms. The molecule has 2 saturated heterocycles. The van der Waals surface area contributed by atoms with Crippen molar-refractivity contribution >= 4 is 23.2 Å². The van der Waals surface area contributed by atoms with E-state index < -0.39 is 17.4 Å². The van der Waals surface area contributed by atoms with Crippen molar-refractivity contribution in [1.82, 2.24) is 0 Å². The minimum atomic E-state index is -1.34. The maximum Gasteiger partial charge on any atom is 0.267 e. The Morgan fingerprint density at radius 3 is 1.47 bits per heavy atom. The molecule has 5 rings (SSSR count). The van der Waals surface area contributed by atoms with Gasteiger partial charge >= 0.3 is 0 Å². The van der Waals surface area contributed by atoms with Crippen LogP contribution in [0, 0.1) is 47.0 Å². The van der Waals surface area contributed by atoms with Gasteiger partial charge in [0, 0.05) is 0 Å². The summed E-state index contributed by atoms with van der Waals surface area (Å²) in [5.41, 5.74) is 7.20. The molecule has 0 saturated carbocycles. The zero-order chi connectivity index (χ0) is 27.7. The predicted octanol–water partition coefficient (Wildman–Crippen LogP) is 6.38. The third-order valence-corrected chi connectivity index (χ3v) is 7.83. The van der Waals surface area contributed by atoms with Crippen molar-refractivity contribution in [3.63, 3.8) is 0 Å². The minimum absolute atomic E-state index is 0.271. The number of anilines is 2. The number of benzene rings is 3. The molecule has 1 spiro atoms. The number of amides is 2. The molecule has 0 aromatic heterocycles. The predicted molar refractivity (Wildman–Crippen MR) is 150 cm³/mol. The number of carbonyl (C=O) groups is 2. The maximum atomic E-state index is 14.4. The number of carbonyl (C=O) groups excluding carboxylic acids is 2. The molecule has 6 heteroatoms. The average molecular weight is 513 g/mol. The van der Waals surface area contributed by atoms with Crippen molar-refractivity contribution < 1.29 is 19.1 Å². The number of rotatable bonds is 4. The Balaban J connectivity index is 1.82. The van der Waals surface area contributed by atoms with Crippen LogP contribution in [0.15, 0.2) is 48.5 Å². The van der Waals surface area contributed by atoms with Crippen LogP contribution in [0.1, 0.15) is 58.9 Å². The van der Waals surface area contributed by atoms with E-state index in [9.17, 15) is 9.59 Å². The van der Waals surface area contributed by atoms with E-state index in [0.717, 1.165) is 56.1 Å². The molecule has 1 atom stereocenters. The first-order chi connectivity index (χ1) is 17.8. The fourth-order valence-corrected chi connectivity index (χ4v) is 6.16.